The van der Waals surface area contributed by atoms with Crippen LogP contribution in [0.5, 0.6) is 5.75 Å². The molecule has 0 fully saturated rings. The number of aromatic amines is 1. The van der Waals surface area contributed by atoms with Crippen LogP contribution in [-0.4, -0.2) is 28.0 Å². The molecular weight excluding hydrogens is 294 g/mol. The van der Waals surface area contributed by atoms with E-state index >= 15 is 0 Å². The molecule has 0 aliphatic heterocycles. The van der Waals surface area contributed by atoms with E-state index in [9.17, 15) is 4.79 Å². The Bertz CT molecular complexity index is 684. The summed E-state index contributed by atoms with van der Waals surface area (Å²) in [5.41, 5.74) is 3.17. The van der Waals surface area contributed by atoms with Crippen molar-refractivity contribution in [3.05, 3.63) is 46.4 Å². The molecule has 1 aromatic carbocycles. The zero-order valence-electron chi connectivity index (χ0n) is 13.2. The highest BCUT2D eigenvalue weighted by Crippen LogP contribution is 2.13. The lowest BCUT2D eigenvalue weighted by molar-refractivity contribution is 0.305. The number of hydrogen-bond donors (Lipinski definition) is 2. The Morgan fingerprint density at radius 1 is 1.35 bits per heavy atom. The molecule has 7 heteroatoms. The summed E-state index contributed by atoms with van der Waals surface area (Å²) in [7, 11) is 0. The molecule has 0 radical (unpaired) electrons. The van der Waals surface area contributed by atoms with Crippen LogP contribution in [-0.2, 0) is 0 Å². The van der Waals surface area contributed by atoms with Crippen molar-refractivity contribution in [2.75, 3.05) is 12.0 Å². The minimum Gasteiger partial charge on any atom is -0.494 e. The van der Waals surface area contributed by atoms with Gasteiger partial charge in [-0.25, -0.2) is 5.43 Å². The zero-order chi connectivity index (χ0) is 16.3. The number of anilines is 1. The summed E-state index contributed by atoms with van der Waals surface area (Å²) >= 11 is 0. The molecule has 0 atom stereocenters. The Labute approximate surface area is 134 Å². The minimum atomic E-state index is -0.337. The summed E-state index contributed by atoms with van der Waals surface area (Å²) in [6.07, 6.45) is 7.43. The number of benzene rings is 1. The average Bonchev–Trinajstić information content (AvgIpc) is 2.55. The van der Waals surface area contributed by atoms with Gasteiger partial charge in [-0.2, -0.15) is 5.10 Å². The van der Waals surface area contributed by atoms with Crippen LogP contribution in [0.2, 0.25) is 0 Å². The Kier molecular flexibility index (Phi) is 6.77. The van der Waals surface area contributed by atoms with Crippen LogP contribution < -0.4 is 15.7 Å². The third kappa shape index (κ3) is 6.29. The zero-order valence-corrected chi connectivity index (χ0v) is 13.2. The van der Waals surface area contributed by atoms with E-state index in [2.05, 4.69) is 32.6 Å². The number of nitrogens with one attached hydrogen (secondary N) is 2. The second-order valence-electron chi connectivity index (χ2n) is 5.03. The molecule has 2 N–H and O–H groups in total. The largest absolute Gasteiger partial charge is 0.494 e. The van der Waals surface area contributed by atoms with E-state index in [4.69, 9.17) is 4.74 Å². The van der Waals surface area contributed by atoms with E-state index < -0.39 is 0 Å². The average molecular weight is 315 g/mol. The van der Waals surface area contributed by atoms with Crippen LogP contribution in [0.3, 0.4) is 0 Å². The topological polar surface area (TPSA) is 92.3 Å². The van der Waals surface area contributed by atoms with Gasteiger partial charge in [0.15, 0.2) is 0 Å². The van der Waals surface area contributed by atoms with E-state index in [-0.39, 0.29) is 11.5 Å². The highest BCUT2D eigenvalue weighted by molar-refractivity contribution is 5.80. The summed E-state index contributed by atoms with van der Waals surface area (Å²) < 4.78 is 5.72. The minimum absolute atomic E-state index is 0.192. The molecule has 0 aliphatic carbocycles. The number of aromatic nitrogens is 3. The molecule has 23 heavy (non-hydrogen) atoms. The Balaban J connectivity index is 1.84. The van der Waals surface area contributed by atoms with Crippen LogP contribution >= 0.6 is 0 Å². The molecule has 2 aromatic rings. The Morgan fingerprint density at radius 2 is 2.26 bits per heavy atom. The van der Waals surface area contributed by atoms with Crippen molar-refractivity contribution in [2.24, 2.45) is 5.10 Å². The van der Waals surface area contributed by atoms with Gasteiger partial charge in [-0.1, -0.05) is 38.3 Å². The Hall–Kier alpha value is -2.70. The summed E-state index contributed by atoms with van der Waals surface area (Å²) in [5, 5.41) is 11.2. The number of unbranched alkanes of at least 4 members (excludes halogenated alkanes) is 3. The standard InChI is InChI=1S/C16H21N5O2/c1-2-3-4-5-9-23-14-8-6-7-13(10-14)11-17-20-16-19-15(22)12-18-21-16/h6-8,10-12H,2-5,9H2,1H3,(H2,19,20,21,22)/b17-11+. The van der Waals surface area contributed by atoms with Crippen molar-refractivity contribution in [3.8, 4) is 5.75 Å². The third-order valence-electron chi connectivity index (χ3n) is 3.08. The van der Waals surface area contributed by atoms with E-state index in [1.165, 1.54) is 19.3 Å². The van der Waals surface area contributed by atoms with Crippen LogP contribution in [0, 0.1) is 0 Å². The quantitative estimate of drug-likeness (QED) is 0.421. The van der Waals surface area contributed by atoms with Gasteiger partial charge >= 0.3 is 0 Å². The lowest BCUT2D eigenvalue weighted by Gasteiger charge is -2.06. The maximum absolute atomic E-state index is 11.1. The summed E-state index contributed by atoms with van der Waals surface area (Å²) in [6.45, 7) is 2.91. The first-order valence-electron chi connectivity index (χ1n) is 7.72. The van der Waals surface area contributed by atoms with Crippen LogP contribution in [0.15, 0.2) is 40.4 Å². The fraction of sp³-hybridized carbons (Fsp3) is 0.375. The first kappa shape index (κ1) is 16.7. The third-order valence-corrected chi connectivity index (χ3v) is 3.08. The smallest absolute Gasteiger partial charge is 0.271 e. The van der Waals surface area contributed by atoms with Crippen molar-refractivity contribution >= 4 is 12.2 Å². The van der Waals surface area contributed by atoms with E-state index in [0.717, 1.165) is 30.5 Å². The van der Waals surface area contributed by atoms with Crippen molar-refractivity contribution < 1.29 is 4.74 Å². The predicted molar refractivity (Wildman–Crippen MR) is 89.9 cm³/mol. The molecule has 0 saturated carbocycles. The number of hydrazone groups is 1. The SMILES string of the molecule is CCCCCCOc1cccc(/C=N/Nc2nncc(=O)[nH]2)c1. The molecule has 1 heterocycles. The number of nitrogens with zero attached hydrogens (tertiary/aromatic N) is 3. The van der Waals surface area contributed by atoms with Crippen molar-refractivity contribution in [2.45, 2.75) is 32.6 Å². The maximum Gasteiger partial charge on any atom is 0.271 e. The molecule has 0 aliphatic rings. The Morgan fingerprint density at radius 3 is 3.09 bits per heavy atom. The molecule has 1 aromatic heterocycles. The van der Waals surface area contributed by atoms with Crippen molar-refractivity contribution in [3.63, 3.8) is 0 Å². The first-order valence-corrected chi connectivity index (χ1v) is 7.72. The highest BCUT2D eigenvalue weighted by atomic mass is 16.5. The van der Waals surface area contributed by atoms with Gasteiger partial charge in [0.1, 0.15) is 11.9 Å². The number of H-pyrrole nitrogens is 1. The molecule has 122 valence electrons. The van der Waals surface area contributed by atoms with Gasteiger partial charge < -0.3 is 4.74 Å². The normalized spacial score (nSPS) is 10.8. The fourth-order valence-electron chi connectivity index (χ4n) is 1.93. The first-order chi connectivity index (χ1) is 11.3. The molecule has 0 bridgehead atoms. The molecule has 2 rings (SSSR count). The number of rotatable bonds is 9. The second-order valence-corrected chi connectivity index (χ2v) is 5.03. The van der Waals surface area contributed by atoms with Gasteiger partial charge in [0.05, 0.1) is 12.8 Å². The molecule has 0 amide bonds. The fourth-order valence-corrected chi connectivity index (χ4v) is 1.93. The van der Waals surface area contributed by atoms with Crippen LogP contribution in [0.1, 0.15) is 38.2 Å². The number of ether oxygens (including phenoxy) is 1. The van der Waals surface area contributed by atoms with Gasteiger partial charge in [-0.3, -0.25) is 9.78 Å². The van der Waals surface area contributed by atoms with Crippen LogP contribution in [0.4, 0.5) is 5.95 Å². The van der Waals surface area contributed by atoms with Gasteiger partial charge in [0.2, 0.25) is 5.95 Å². The number of hydrogen-bond acceptors (Lipinski definition) is 6. The highest BCUT2D eigenvalue weighted by Gasteiger charge is 1.96. The molecule has 7 nitrogen and oxygen atoms in total. The van der Waals surface area contributed by atoms with Gasteiger partial charge in [0.25, 0.3) is 5.56 Å². The summed E-state index contributed by atoms with van der Waals surface area (Å²) in [6, 6.07) is 7.65. The van der Waals surface area contributed by atoms with E-state index in [1.54, 1.807) is 6.21 Å². The van der Waals surface area contributed by atoms with Gasteiger partial charge in [-0.05, 0) is 24.1 Å². The second kappa shape index (κ2) is 9.34. The van der Waals surface area contributed by atoms with E-state index in [1.807, 2.05) is 24.3 Å². The summed E-state index contributed by atoms with van der Waals surface area (Å²) in [4.78, 5) is 13.5. The van der Waals surface area contributed by atoms with Crippen molar-refractivity contribution in [1.29, 1.82) is 0 Å². The van der Waals surface area contributed by atoms with Gasteiger partial charge in [0, 0.05) is 0 Å². The van der Waals surface area contributed by atoms with E-state index in [0.29, 0.717) is 0 Å². The van der Waals surface area contributed by atoms with Gasteiger partial charge in [-0.15, -0.1) is 10.2 Å². The molecular formula is C16H21N5O2. The predicted octanol–water partition coefficient (Wildman–Crippen LogP) is 2.57. The molecule has 0 spiro atoms. The maximum atomic E-state index is 11.1. The monoisotopic (exact) mass is 315 g/mol. The lowest BCUT2D eigenvalue weighted by atomic mass is 10.2. The van der Waals surface area contributed by atoms with Crippen LogP contribution in [0.25, 0.3) is 0 Å². The lowest BCUT2D eigenvalue weighted by Crippen LogP contribution is -2.10. The summed E-state index contributed by atoms with van der Waals surface area (Å²) in [5.74, 6) is 1.01. The molecule has 0 saturated heterocycles. The molecule has 0 unspecified atom stereocenters. The van der Waals surface area contributed by atoms with Crippen molar-refractivity contribution in [1.82, 2.24) is 15.2 Å².